The maximum Gasteiger partial charge on any atom is 0.230 e. The molecule has 0 bridgehead atoms. The Bertz CT molecular complexity index is 808. The summed E-state index contributed by atoms with van der Waals surface area (Å²) < 4.78 is 10.4. The molecule has 112 valence electrons. The van der Waals surface area contributed by atoms with Gasteiger partial charge in [0.15, 0.2) is 11.6 Å². The summed E-state index contributed by atoms with van der Waals surface area (Å²) in [7, 11) is 0. The van der Waals surface area contributed by atoms with Gasteiger partial charge in [0.05, 0.1) is 6.42 Å². The maximum absolute atomic E-state index is 5.41. The number of rotatable bonds is 4. The van der Waals surface area contributed by atoms with E-state index >= 15 is 0 Å². The molecule has 0 saturated heterocycles. The highest BCUT2D eigenvalue weighted by Gasteiger charge is 2.44. The van der Waals surface area contributed by atoms with Gasteiger partial charge < -0.3 is 9.05 Å². The summed E-state index contributed by atoms with van der Waals surface area (Å²) in [6.45, 7) is 3.90. The lowest BCUT2D eigenvalue weighted by atomic mass is 10.0. The van der Waals surface area contributed by atoms with Gasteiger partial charge in [-0.25, -0.2) is 0 Å². The van der Waals surface area contributed by atoms with Crippen molar-refractivity contribution in [3.63, 3.8) is 0 Å². The lowest BCUT2D eigenvalue weighted by Crippen LogP contribution is -1.94. The van der Waals surface area contributed by atoms with Gasteiger partial charge in [-0.1, -0.05) is 34.6 Å². The van der Waals surface area contributed by atoms with Crippen LogP contribution in [0, 0.1) is 13.8 Å². The molecule has 1 aliphatic rings. The van der Waals surface area contributed by atoms with Gasteiger partial charge in [0.25, 0.3) is 0 Å². The standard InChI is InChI=1S/C16H16N4O2/c1-9-5-3-4-6-11(9)12-7-13(12)16-18-15(20-22-16)8-14-17-10(2)21-19-14/h3-6,12-13H,7-8H2,1-2H3/t12-,13+/m1/s1. The molecule has 0 N–H and O–H groups in total. The Hall–Kier alpha value is -2.50. The molecule has 1 saturated carbocycles. The molecule has 1 aromatic carbocycles. The van der Waals surface area contributed by atoms with E-state index in [1.165, 1.54) is 11.1 Å². The first-order valence-corrected chi connectivity index (χ1v) is 7.38. The zero-order valence-corrected chi connectivity index (χ0v) is 12.5. The van der Waals surface area contributed by atoms with Crippen molar-refractivity contribution in [2.45, 2.75) is 38.5 Å². The van der Waals surface area contributed by atoms with Gasteiger partial charge in [0.2, 0.25) is 11.8 Å². The second kappa shape index (κ2) is 5.05. The molecule has 0 unspecified atom stereocenters. The largest absolute Gasteiger partial charge is 0.340 e. The first-order valence-electron chi connectivity index (χ1n) is 7.38. The van der Waals surface area contributed by atoms with Gasteiger partial charge in [0, 0.05) is 12.8 Å². The predicted molar refractivity (Wildman–Crippen MR) is 77.4 cm³/mol. The van der Waals surface area contributed by atoms with Crippen molar-refractivity contribution in [1.82, 2.24) is 20.3 Å². The Morgan fingerprint density at radius 2 is 1.77 bits per heavy atom. The Labute approximate surface area is 127 Å². The SMILES string of the molecule is Cc1nc(Cc2noc([C@H]3C[C@@H]3c3ccccc3C)n2)no1. The van der Waals surface area contributed by atoms with Crippen LogP contribution in [0.1, 0.15) is 52.8 Å². The van der Waals surface area contributed by atoms with Crippen molar-refractivity contribution in [1.29, 1.82) is 0 Å². The Morgan fingerprint density at radius 1 is 1.00 bits per heavy atom. The summed E-state index contributed by atoms with van der Waals surface area (Å²) in [6, 6.07) is 8.46. The third-order valence-electron chi connectivity index (χ3n) is 4.07. The highest BCUT2D eigenvalue weighted by atomic mass is 16.5. The quantitative estimate of drug-likeness (QED) is 0.736. The molecule has 6 heteroatoms. The van der Waals surface area contributed by atoms with E-state index in [0.29, 0.717) is 41.7 Å². The number of benzene rings is 1. The van der Waals surface area contributed by atoms with Gasteiger partial charge in [-0.2, -0.15) is 9.97 Å². The van der Waals surface area contributed by atoms with Crippen LogP contribution in [-0.2, 0) is 6.42 Å². The van der Waals surface area contributed by atoms with E-state index in [1.807, 2.05) is 0 Å². The molecule has 0 amide bonds. The molecule has 0 radical (unpaired) electrons. The number of aromatic nitrogens is 4. The molecule has 6 nitrogen and oxygen atoms in total. The molecule has 1 fully saturated rings. The zero-order chi connectivity index (χ0) is 15.1. The molecule has 2 atom stereocenters. The van der Waals surface area contributed by atoms with E-state index in [9.17, 15) is 0 Å². The minimum absolute atomic E-state index is 0.328. The Morgan fingerprint density at radius 3 is 2.55 bits per heavy atom. The van der Waals surface area contributed by atoms with Crippen molar-refractivity contribution in [2.75, 3.05) is 0 Å². The molecule has 3 aromatic rings. The van der Waals surface area contributed by atoms with Gasteiger partial charge >= 0.3 is 0 Å². The van der Waals surface area contributed by atoms with Gasteiger partial charge in [0.1, 0.15) is 0 Å². The van der Waals surface area contributed by atoms with E-state index in [1.54, 1.807) is 6.92 Å². The van der Waals surface area contributed by atoms with Crippen molar-refractivity contribution in [2.24, 2.45) is 0 Å². The number of aryl methyl sites for hydroxylation is 2. The van der Waals surface area contributed by atoms with Crippen LogP contribution in [0.2, 0.25) is 0 Å². The smallest absolute Gasteiger partial charge is 0.230 e. The van der Waals surface area contributed by atoms with Crippen LogP contribution in [0.25, 0.3) is 0 Å². The molecule has 2 heterocycles. The lowest BCUT2D eigenvalue weighted by molar-refractivity contribution is 0.372. The minimum atomic E-state index is 0.328. The average Bonchev–Trinajstić information content (AvgIpc) is 2.97. The first kappa shape index (κ1) is 13.2. The molecular weight excluding hydrogens is 280 g/mol. The number of hydrogen-bond donors (Lipinski definition) is 0. The molecule has 1 aliphatic carbocycles. The summed E-state index contributed by atoms with van der Waals surface area (Å²) in [5.74, 6) is 3.25. The third-order valence-corrected chi connectivity index (χ3v) is 4.07. The highest BCUT2D eigenvalue weighted by Crippen LogP contribution is 2.54. The second-order valence-electron chi connectivity index (χ2n) is 5.76. The predicted octanol–water partition coefficient (Wildman–Crippen LogP) is 2.93. The fourth-order valence-corrected chi connectivity index (χ4v) is 2.86. The van der Waals surface area contributed by atoms with E-state index in [0.717, 1.165) is 6.42 Å². The average molecular weight is 296 g/mol. The normalized spacial score (nSPS) is 20.3. The molecule has 0 aliphatic heterocycles. The topological polar surface area (TPSA) is 77.8 Å². The summed E-state index contributed by atoms with van der Waals surface area (Å²) in [5.41, 5.74) is 2.69. The molecule has 0 spiro atoms. The number of nitrogens with zero attached hydrogens (tertiary/aromatic N) is 4. The highest BCUT2D eigenvalue weighted by molar-refractivity contribution is 5.36. The third kappa shape index (κ3) is 2.41. The second-order valence-corrected chi connectivity index (χ2v) is 5.76. The fraction of sp³-hybridized carbons (Fsp3) is 0.375. The summed E-state index contributed by atoms with van der Waals surface area (Å²) in [6.07, 6.45) is 1.50. The van der Waals surface area contributed by atoms with Crippen LogP contribution < -0.4 is 0 Å². The monoisotopic (exact) mass is 296 g/mol. The van der Waals surface area contributed by atoms with Crippen molar-refractivity contribution < 1.29 is 9.05 Å². The van der Waals surface area contributed by atoms with Crippen LogP contribution >= 0.6 is 0 Å². The maximum atomic E-state index is 5.41. The minimum Gasteiger partial charge on any atom is -0.340 e. The first-order chi connectivity index (χ1) is 10.7. The lowest BCUT2D eigenvalue weighted by Gasteiger charge is -2.02. The van der Waals surface area contributed by atoms with Gasteiger partial charge in [-0.3, -0.25) is 0 Å². The van der Waals surface area contributed by atoms with Crippen LogP contribution in [0.3, 0.4) is 0 Å². The summed E-state index contributed by atoms with van der Waals surface area (Å²) >= 11 is 0. The fourth-order valence-electron chi connectivity index (χ4n) is 2.86. The van der Waals surface area contributed by atoms with Crippen LogP contribution in [0.5, 0.6) is 0 Å². The zero-order valence-electron chi connectivity index (χ0n) is 12.5. The van der Waals surface area contributed by atoms with E-state index in [2.05, 4.69) is 51.5 Å². The van der Waals surface area contributed by atoms with E-state index in [-0.39, 0.29) is 0 Å². The van der Waals surface area contributed by atoms with Gasteiger partial charge in [-0.05, 0) is 30.4 Å². The van der Waals surface area contributed by atoms with Gasteiger partial charge in [-0.15, -0.1) is 0 Å². The molecular formula is C16H16N4O2. The molecule has 4 rings (SSSR count). The van der Waals surface area contributed by atoms with Crippen molar-refractivity contribution in [3.8, 4) is 0 Å². The molecule has 2 aromatic heterocycles. The number of hydrogen-bond acceptors (Lipinski definition) is 6. The van der Waals surface area contributed by atoms with Crippen LogP contribution in [-0.4, -0.2) is 20.3 Å². The Balaban J connectivity index is 1.48. The van der Waals surface area contributed by atoms with Crippen molar-refractivity contribution in [3.05, 3.63) is 58.8 Å². The van der Waals surface area contributed by atoms with Crippen LogP contribution in [0.15, 0.2) is 33.3 Å². The molecule has 22 heavy (non-hydrogen) atoms. The summed E-state index contributed by atoms with van der Waals surface area (Å²) in [4.78, 5) is 8.63. The summed E-state index contributed by atoms with van der Waals surface area (Å²) in [5, 5.41) is 7.87. The Kier molecular flexibility index (Phi) is 3.03. The van der Waals surface area contributed by atoms with Crippen LogP contribution in [0.4, 0.5) is 0 Å². The van der Waals surface area contributed by atoms with E-state index in [4.69, 9.17) is 9.05 Å². The van der Waals surface area contributed by atoms with E-state index < -0.39 is 0 Å². The van der Waals surface area contributed by atoms with Crippen molar-refractivity contribution >= 4 is 0 Å².